The molecule has 1 unspecified atom stereocenters. The van der Waals surface area contributed by atoms with E-state index >= 15 is 0 Å². The van der Waals surface area contributed by atoms with Crippen LogP contribution >= 0.6 is 0 Å². The van der Waals surface area contributed by atoms with E-state index in [-0.39, 0.29) is 12.1 Å². The van der Waals surface area contributed by atoms with Gasteiger partial charge >= 0.3 is 0 Å². The minimum Gasteiger partial charge on any atom is -0.356 e. The van der Waals surface area contributed by atoms with Gasteiger partial charge in [0.2, 0.25) is 0 Å². The highest BCUT2D eigenvalue weighted by molar-refractivity contribution is 5.75. The average Bonchev–Trinajstić information content (AvgIpc) is 2.17. The molecule has 0 fully saturated rings. The Hall–Kier alpha value is -0.670. The molecule has 15 heavy (non-hydrogen) atoms. The molecular weight excluding hydrogens is 192 g/mol. The van der Waals surface area contributed by atoms with E-state index in [2.05, 4.69) is 6.58 Å². The smallest absolute Gasteiger partial charge is 0.157 e. The predicted octanol–water partition coefficient (Wildman–Crippen LogP) is 2.56. The Bertz CT molecular complexity index is 207. The molecule has 0 saturated carbocycles. The Balaban J connectivity index is 4.14. The van der Waals surface area contributed by atoms with Crippen molar-refractivity contribution in [3.63, 3.8) is 0 Å². The van der Waals surface area contributed by atoms with Crippen molar-refractivity contribution >= 4 is 5.78 Å². The summed E-state index contributed by atoms with van der Waals surface area (Å²) in [6.45, 7) is 7.52. The fourth-order valence-corrected chi connectivity index (χ4v) is 1.46. The van der Waals surface area contributed by atoms with E-state index in [1.54, 1.807) is 21.1 Å². The van der Waals surface area contributed by atoms with E-state index in [1.165, 1.54) is 0 Å². The summed E-state index contributed by atoms with van der Waals surface area (Å²) in [6, 6.07) is 0. The number of Topliss-reactive ketones (excluding diaryl/α,β-unsaturated/α-hetero) is 1. The second-order valence-electron chi connectivity index (χ2n) is 3.92. The van der Waals surface area contributed by atoms with E-state index in [0.717, 1.165) is 18.4 Å². The van der Waals surface area contributed by atoms with E-state index in [4.69, 9.17) is 9.47 Å². The molecule has 0 N–H and O–H groups in total. The second kappa shape index (κ2) is 7.60. The number of methoxy groups -OCH3 is 2. The first-order chi connectivity index (χ1) is 7.01. The van der Waals surface area contributed by atoms with Crippen LogP contribution in [-0.4, -0.2) is 26.3 Å². The largest absolute Gasteiger partial charge is 0.356 e. The van der Waals surface area contributed by atoms with Crippen molar-refractivity contribution in [2.24, 2.45) is 5.92 Å². The van der Waals surface area contributed by atoms with E-state index in [9.17, 15) is 4.79 Å². The standard InChI is InChI=1S/C12H22O3/c1-9(2)11(7-6-10(3)13)8-12(14-4)15-5/h11-12H,1,6-8H2,2-5H3. The molecule has 0 spiro atoms. The van der Waals surface area contributed by atoms with Gasteiger partial charge in [0.05, 0.1) is 0 Å². The van der Waals surface area contributed by atoms with Crippen LogP contribution in [-0.2, 0) is 14.3 Å². The van der Waals surface area contributed by atoms with Crippen LogP contribution in [0.1, 0.15) is 33.1 Å². The molecule has 0 saturated heterocycles. The van der Waals surface area contributed by atoms with Crippen LogP contribution in [0.4, 0.5) is 0 Å². The van der Waals surface area contributed by atoms with Crippen molar-refractivity contribution in [1.82, 2.24) is 0 Å². The van der Waals surface area contributed by atoms with Gasteiger partial charge < -0.3 is 14.3 Å². The Labute approximate surface area is 92.5 Å². The molecule has 0 rings (SSSR count). The Kier molecular flexibility index (Phi) is 7.26. The third kappa shape index (κ3) is 6.42. The molecule has 0 aromatic heterocycles. The molecule has 0 aromatic rings. The van der Waals surface area contributed by atoms with Crippen molar-refractivity contribution in [1.29, 1.82) is 0 Å². The minimum absolute atomic E-state index is 0.210. The lowest BCUT2D eigenvalue weighted by Gasteiger charge is -2.21. The summed E-state index contributed by atoms with van der Waals surface area (Å²) in [5.74, 6) is 0.506. The average molecular weight is 214 g/mol. The molecule has 0 aliphatic heterocycles. The number of hydrogen-bond acceptors (Lipinski definition) is 3. The van der Waals surface area contributed by atoms with E-state index in [0.29, 0.717) is 12.3 Å². The number of allylic oxidation sites excluding steroid dienone is 1. The second-order valence-corrected chi connectivity index (χ2v) is 3.92. The molecule has 0 aliphatic rings. The summed E-state index contributed by atoms with van der Waals surface area (Å²) in [4.78, 5) is 10.9. The van der Waals surface area contributed by atoms with Gasteiger partial charge in [0.25, 0.3) is 0 Å². The predicted molar refractivity (Wildman–Crippen MR) is 60.6 cm³/mol. The van der Waals surface area contributed by atoms with Crippen molar-refractivity contribution in [2.75, 3.05) is 14.2 Å². The summed E-state index contributed by atoms with van der Waals surface area (Å²) < 4.78 is 10.3. The lowest BCUT2D eigenvalue weighted by molar-refractivity contribution is -0.119. The van der Waals surface area contributed by atoms with Crippen LogP contribution in [0, 0.1) is 5.92 Å². The number of ether oxygens (including phenoxy) is 2. The van der Waals surface area contributed by atoms with Crippen LogP contribution < -0.4 is 0 Å². The third-order valence-corrected chi connectivity index (χ3v) is 2.54. The maximum Gasteiger partial charge on any atom is 0.157 e. The molecule has 0 heterocycles. The first-order valence-electron chi connectivity index (χ1n) is 5.21. The molecule has 0 aliphatic carbocycles. The highest BCUT2D eigenvalue weighted by Crippen LogP contribution is 2.22. The van der Waals surface area contributed by atoms with Gasteiger partial charge in [-0.25, -0.2) is 0 Å². The van der Waals surface area contributed by atoms with Gasteiger partial charge in [-0.2, -0.15) is 0 Å². The van der Waals surface area contributed by atoms with Gasteiger partial charge in [0.15, 0.2) is 6.29 Å². The number of ketones is 1. The first-order valence-corrected chi connectivity index (χ1v) is 5.21. The Morgan fingerprint density at radius 3 is 2.13 bits per heavy atom. The monoisotopic (exact) mass is 214 g/mol. The lowest BCUT2D eigenvalue weighted by atomic mass is 9.92. The molecule has 1 atom stereocenters. The third-order valence-electron chi connectivity index (χ3n) is 2.54. The van der Waals surface area contributed by atoms with Crippen LogP contribution in [0.3, 0.4) is 0 Å². The number of carbonyl (C=O) groups is 1. The summed E-state index contributed by atoms with van der Waals surface area (Å²) in [6.07, 6.45) is 1.97. The number of rotatable bonds is 8. The van der Waals surface area contributed by atoms with Gasteiger partial charge in [0.1, 0.15) is 5.78 Å². The maximum atomic E-state index is 10.9. The SMILES string of the molecule is C=C(C)C(CCC(C)=O)CC(OC)OC. The highest BCUT2D eigenvalue weighted by Gasteiger charge is 2.16. The summed E-state index contributed by atoms with van der Waals surface area (Å²) in [7, 11) is 3.24. The maximum absolute atomic E-state index is 10.9. The summed E-state index contributed by atoms with van der Waals surface area (Å²) >= 11 is 0. The van der Waals surface area contributed by atoms with Gasteiger partial charge in [0, 0.05) is 27.1 Å². The Morgan fingerprint density at radius 2 is 1.80 bits per heavy atom. The molecule has 88 valence electrons. The van der Waals surface area contributed by atoms with Gasteiger partial charge in [-0.1, -0.05) is 12.2 Å². The van der Waals surface area contributed by atoms with E-state index in [1.807, 2.05) is 6.92 Å². The summed E-state index contributed by atoms with van der Waals surface area (Å²) in [5.41, 5.74) is 1.08. The Morgan fingerprint density at radius 1 is 1.27 bits per heavy atom. The van der Waals surface area contributed by atoms with Gasteiger partial charge in [-0.05, 0) is 26.2 Å². The highest BCUT2D eigenvalue weighted by atomic mass is 16.7. The molecule has 0 bridgehead atoms. The van der Waals surface area contributed by atoms with Crippen LogP contribution in [0.5, 0.6) is 0 Å². The zero-order valence-corrected chi connectivity index (χ0v) is 10.2. The van der Waals surface area contributed by atoms with Crippen LogP contribution in [0.25, 0.3) is 0 Å². The topological polar surface area (TPSA) is 35.5 Å². The quantitative estimate of drug-likeness (QED) is 0.460. The molecule has 0 amide bonds. The van der Waals surface area contributed by atoms with Crippen molar-refractivity contribution in [2.45, 2.75) is 39.4 Å². The van der Waals surface area contributed by atoms with Gasteiger partial charge in [-0.15, -0.1) is 0 Å². The molecule has 3 nitrogen and oxygen atoms in total. The molecular formula is C12H22O3. The van der Waals surface area contributed by atoms with Crippen LogP contribution in [0.2, 0.25) is 0 Å². The fourth-order valence-electron chi connectivity index (χ4n) is 1.46. The van der Waals surface area contributed by atoms with Crippen molar-refractivity contribution < 1.29 is 14.3 Å². The minimum atomic E-state index is -0.210. The lowest BCUT2D eigenvalue weighted by Crippen LogP contribution is -2.19. The first kappa shape index (κ1) is 14.3. The number of hydrogen-bond donors (Lipinski definition) is 0. The van der Waals surface area contributed by atoms with Gasteiger partial charge in [-0.3, -0.25) is 0 Å². The van der Waals surface area contributed by atoms with Crippen molar-refractivity contribution in [3.8, 4) is 0 Å². The fraction of sp³-hybridized carbons (Fsp3) is 0.750. The zero-order valence-electron chi connectivity index (χ0n) is 10.2. The van der Waals surface area contributed by atoms with Crippen molar-refractivity contribution in [3.05, 3.63) is 12.2 Å². The normalized spacial score (nSPS) is 12.9. The van der Waals surface area contributed by atoms with Crippen LogP contribution in [0.15, 0.2) is 12.2 Å². The van der Waals surface area contributed by atoms with E-state index < -0.39 is 0 Å². The molecule has 0 aromatic carbocycles. The number of carbonyl (C=O) groups excluding carboxylic acids is 1. The molecule has 3 heteroatoms. The molecule has 0 radical (unpaired) electrons. The zero-order chi connectivity index (χ0) is 11.8. The summed E-state index contributed by atoms with van der Waals surface area (Å²) in [5, 5.41) is 0.